The van der Waals surface area contributed by atoms with Crippen molar-refractivity contribution in [2.24, 2.45) is 0 Å². The van der Waals surface area contributed by atoms with Gasteiger partial charge in [0.25, 0.3) is 0 Å². The lowest BCUT2D eigenvalue weighted by Crippen LogP contribution is -2.37. The summed E-state index contributed by atoms with van der Waals surface area (Å²) in [6, 6.07) is 56.9. The molecule has 75 heavy (non-hydrogen) atoms. The molecule has 0 N–H and O–H groups in total. The molecule has 0 bridgehead atoms. The van der Waals surface area contributed by atoms with E-state index in [-0.39, 0.29) is 50.7 Å². The average Bonchev–Trinajstić information content (AvgIpc) is 3.38. The number of benzene rings is 7. The molecule has 394 valence electrons. The van der Waals surface area contributed by atoms with Crippen LogP contribution in [-0.4, -0.2) is 30.4 Å². The second kappa shape index (κ2) is 22.9. The van der Waals surface area contributed by atoms with E-state index >= 15 is 14.0 Å². The lowest BCUT2D eigenvalue weighted by Gasteiger charge is -2.45. The van der Waals surface area contributed by atoms with Gasteiger partial charge in [-0.1, -0.05) is 227 Å². The van der Waals surface area contributed by atoms with Crippen LogP contribution in [0.25, 0.3) is 0 Å². The molecule has 0 heterocycles. The number of carbonyl (C=O) groups excluding carboxylic acids is 2. The molecule has 0 spiro atoms. The van der Waals surface area contributed by atoms with Crippen LogP contribution in [-0.2, 0) is 29.9 Å². The quantitative estimate of drug-likeness (QED) is 0.0633. The smallest absolute Gasteiger partial charge is 0.511 e. The number of halogens is 1. The van der Waals surface area contributed by atoms with Crippen LogP contribution in [0.5, 0.6) is 5.75 Å². The summed E-state index contributed by atoms with van der Waals surface area (Å²) in [7, 11) is -7.61. The minimum Gasteiger partial charge on any atom is -0.511 e. The Morgan fingerprint density at radius 3 is 1.05 bits per heavy atom. The summed E-state index contributed by atoms with van der Waals surface area (Å²) in [5, 5.41) is 0. The van der Waals surface area contributed by atoms with Crippen molar-refractivity contribution in [2.75, 3.05) is 11.5 Å². The summed E-state index contributed by atoms with van der Waals surface area (Å²) in [5.41, 5.74) is 5.50. The zero-order valence-corrected chi connectivity index (χ0v) is 48.4. The van der Waals surface area contributed by atoms with Gasteiger partial charge in [0.1, 0.15) is 11.6 Å². The van der Waals surface area contributed by atoms with Gasteiger partial charge in [-0.25, -0.2) is 4.39 Å². The number of ketones is 2. The zero-order chi connectivity index (χ0) is 54.6. The molecule has 7 aromatic carbocycles. The maximum atomic E-state index is 15.5. The highest BCUT2D eigenvalue weighted by Gasteiger charge is 2.47. The Labute approximate surface area is 452 Å². The van der Waals surface area contributed by atoms with Crippen LogP contribution in [0.15, 0.2) is 196 Å². The van der Waals surface area contributed by atoms with Crippen LogP contribution >= 0.6 is 20.6 Å². The monoisotopic (exact) mass is 1040 g/mol. The topological polar surface area (TPSA) is 61.8 Å². The molecule has 5 nitrogen and oxygen atoms in total. The van der Waals surface area contributed by atoms with Crippen LogP contribution in [0.3, 0.4) is 0 Å². The van der Waals surface area contributed by atoms with Crippen LogP contribution in [0.2, 0.25) is 0 Å². The van der Waals surface area contributed by atoms with Gasteiger partial charge < -0.3 is 12.9 Å². The van der Waals surface area contributed by atoms with Crippen molar-refractivity contribution in [3.05, 3.63) is 221 Å². The minimum atomic E-state index is -3.01. The molecule has 1 atom stereocenters. The van der Waals surface area contributed by atoms with E-state index in [1.807, 2.05) is 67.6 Å². The fraction of sp³-hybridized carbons (Fsp3) is 0.333. The van der Waals surface area contributed by atoms with Crippen molar-refractivity contribution in [2.45, 2.75) is 151 Å². The van der Waals surface area contributed by atoms with Crippen LogP contribution in [0.1, 0.15) is 158 Å². The Kier molecular flexibility index (Phi) is 17.4. The standard InChI is InChI=1S/C66H78BFO5S2/c1-15-47(2)59-44-54(68)34-43-62(59)71-67(72-74(45-60(69)48-22-18-16-19-23-48,55-35-26-50(27-36-55)63(3,4)5)56-37-28-51(29-38-56)64(6,7)8)73-75(46-61(70)49-24-20-17-21-25-49,57-39-30-52(31-40-57)65(9,10)11)58-41-32-53(33-42-58)66(12,13)14/h16-44,47H,15,45-46H2,1-14H3. The zero-order valence-electron chi connectivity index (χ0n) is 46.8. The fourth-order valence-corrected chi connectivity index (χ4v) is 14.9. The summed E-state index contributed by atoms with van der Waals surface area (Å²) in [4.78, 5) is 33.6. The van der Waals surface area contributed by atoms with Crippen molar-refractivity contribution in [3.63, 3.8) is 0 Å². The molecule has 0 fully saturated rings. The van der Waals surface area contributed by atoms with E-state index in [9.17, 15) is 0 Å². The number of rotatable bonds is 18. The SMILES string of the molecule is CCC(C)c1cc(F)ccc1OB(OS(CC(=O)c1ccccc1)(c1ccc(C(C)(C)C)cc1)c1ccc(C(C)(C)C)cc1)OS(CC(=O)c1ccccc1)(c1ccc(C(C)(C)C)cc1)c1ccc(C(C)(C)C)cc1. The van der Waals surface area contributed by atoms with E-state index < -0.39 is 33.8 Å². The highest BCUT2D eigenvalue weighted by Crippen LogP contribution is 2.68. The Morgan fingerprint density at radius 1 is 0.467 bits per heavy atom. The molecule has 0 aliphatic rings. The molecule has 0 aliphatic carbocycles. The summed E-state index contributed by atoms with van der Waals surface area (Å²) in [6.07, 6.45) is 0.703. The summed E-state index contributed by atoms with van der Waals surface area (Å²) < 4.78 is 38.7. The molecule has 0 aliphatic heterocycles. The molecule has 0 radical (unpaired) electrons. The molecule has 7 aromatic rings. The Morgan fingerprint density at radius 2 is 0.773 bits per heavy atom. The van der Waals surface area contributed by atoms with Crippen molar-refractivity contribution in [1.82, 2.24) is 0 Å². The lowest BCUT2D eigenvalue weighted by atomic mass is 9.87. The first-order valence-electron chi connectivity index (χ1n) is 26.3. The molecular formula is C66H78BFO5S2. The summed E-state index contributed by atoms with van der Waals surface area (Å²) >= 11 is 0. The second-order valence-corrected chi connectivity index (χ2v) is 29.5. The number of Topliss-reactive ketones (excluding diaryl/α,β-unsaturated/α-hetero) is 2. The van der Waals surface area contributed by atoms with E-state index in [1.165, 1.54) is 12.1 Å². The maximum absolute atomic E-state index is 15.5. The van der Waals surface area contributed by atoms with E-state index in [1.54, 1.807) is 6.07 Å². The van der Waals surface area contributed by atoms with Gasteiger partial charge in [-0.3, -0.25) is 9.59 Å². The van der Waals surface area contributed by atoms with Gasteiger partial charge in [0.15, 0.2) is 11.6 Å². The fourth-order valence-electron chi connectivity index (χ4n) is 9.04. The third-order valence-corrected chi connectivity index (χ3v) is 20.5. The number of carbonyl (C=O) groups is 2. The molecule has 0 aromatic heterocycles. The van der Waals surface area contributed by atoms with Crippen LogP contribution in [0, 0.1) is 5.82 Å². The lowest BCUT2D eigenvalue weighted by molar-refractivity contribution is 0.101. The summed E-state index contributed by atoms with van der Waals surface area (Å²) in [5.74, 6) is -0.532. The maximum Gasteiger partial charge on any atom is 0.735 e. The highest BCUT2D eigenvalue weighted by atomic mass is 32.3. The van der Waals surface area contributed by atoms with E-state index in [4.69, 9.17) is 12.9 Å². The minimum absolute atomic E-state index is 0.0720. The molecule has 7 rings (SSSR count). The summed E-state index contributed by atoms with van der Waals surface area (Å²) in [6.45, 7) is 30.3. The second-order valence-electron chi connectivity index (χ2n) is 23.9. The van der Waals surface area contributed by atoms with Gasteiger partial charge in [-0.15, -0.1) is 0 Å². The van der Waals surface area contributed by atoms with Crippen molar-refractivity contribution < 1.29 is 26.8 Å². The van der Waals surface area contributed by atoms with Crippen molar-refractivity contribution in [3.8, 4) is 5.75 Å². The predicted octanol–water partition coefficient (Wildman–Crippen LogP) is 18.4. The number of hydrogen-bond acceptors (Lipinski definition) is 5. The average molecular weight is 1050 g/mol. The Hall–Kier alpha value is -5.71. The van der Waals surface area contributed by atoms with Crippen molar-refractivity contribution >= 4 is 39.5 Å². The van der Waals surface area contributed by atoms with Gasteiger partial charge in [-0.2, -0.15) is 0 Å². The van der Waals surface area contributed by atoms with E-state index in [0.29, 0.717) is 28.9 Å². The van der Waals surface area contributed by atoms with Gasteiger partial charge >= 0.3 is 7.32 Å². The van der Waals surface area contributed by atoms with Crippen LogP contribution in [0.4, 0.5) is 4.39 Å². The van der Waals surface area contributed by atoms with Gasteiger partial charge in [0.2, 0.25) is 0 Å². The Balaban J connectivity index is 1.59. The molecule has 0 saturated carbocycles. The molecule has 9 heteroatoms. The van der Waals surface area contributed by atoms with Gasteiger partial charge in [-0.05, 0) is 129 Å². The van der Waals surface area contributed by atoms with Gasteiger partial charge in [0, 0.05) is 30.7 Å². The first-order valence-corrected chi connectivity index (χ1v) is 29.7. The molecule has 0 amide bonds. The molecule has 1 unspecified atom stereocenters. The largest absolute Gasteiger partial charge is 0.735 e. The first-order chi connectivity index (χ1) is 35.2. The molecule has 0 saturated heterocycles. The normalized spacial score (nSPS) is 13.5. The van der Waals surface area contributed by atoms with Crippen molar-refractivity contribution in [1.29, 1.82) is 0 Å². The Bertz CT molecular complexity index is 2730. The van der Waals surface area contributed by atoms with E-state index in [0.717, 1.165) is 41.8 Å². The molecular weight excluding hydrogens is 967 g/mol. The third-order valence-electron chi connectivity index (χ3n) is 14.1. The van der Waals surface area contributed by atoms with Crippen LogP contribution < -0.4 is 4.65 Å². The van der Waals surface area contributed by atoms with E-state index in [2.05, 4.69) is 187 Å². The predicted molar refractivity (Wildman–Crippen MR) is 314 cm³/mol. The highest BCUT2D eigenvalue weighted by molar-refractivity contribution is 8.32. The number of hydrogen-bond donors (Lipinski definition) is 0. The van der Waals surface area contributed by atoms with Gasteiger partial charge in [0.05, 0.1) is 11.5 Å². The first kappa shape index (κ1) is 57.0. The third kappa shape index (κ3) is 13.5.